The SMILES string of the molecule is Br.CC[CH](C)[Al][CH](C)CC. The first-order chi connectivity index (χ1) is 4.20. The van der Waals surface area contributed by atoms with E-state index in [0.717, 1.165) is 24.8 Å². The molecular weight excluding hydrogens is 203 g/mol. The van der Waals surface area contributed by atoms with E-state index in [4.69, 9.17) is 0 Å². The molecule has 0 fully saturated rings. The van der Waals surface area contributed by atoms with Crippen LogP contribution in [0.3, 0.4) is 0 Å². The van der Waals surface area contributed by atoms with E-state index in [1.807, 2.05) is 0 Å². The minimum absolute atomic E-state index is 0. The molecule has 0 aromatic heterocycles. The Morgan fingerprint density at radius 3 is 1.50 bits per heavy atom. The Labute approximate surface area is 82.3 Å². The molecule has 2 atom stereocenters. The van der Waals surface area contributed by atoms with E-state index in [-0.39, 0.29) is 17.0 Å². The topological polar surface area (TPSA) is 0 Å². The van der Waals surface area contributed by atoms with Crippen LogP contribution in [-0.4, -0.2) is 15.2 Å². The highest BCUT2D eigenvalue weighted by molar-refractivity contribution is 8.93. The molecule has 0 nitrogen and oxygen atoms in total. The van der Waals surface area contributed by atoms with E-state index in [1.165, 1.54) is 12.8 Å². The molecule has 10 heavy (non-hydrogen) atoms. The van der Waals surface area contributed by atoms with Gasteiger partial charge in [-0.25, -0.2) is 0 Å². The second-order valence-electron chi connectivity index (χ2n) is 2.96. The van der Waals surface area contributed by atoms with E-state index >= 15 is 0 Å². The van der Waals surface area contributed by atoms with Crippen molar-refractivity contribution in [3.63, 3.8) is 0 Å². The van der Waals surface area contributed by atoms with Crippen molar-refractivity contribution in [2.45, 2.75) is 50.1 Å². The summed E-state index contributed by atoms with van der Waals surface area (Å²) in [4.78, 5) is 0. The summed E-state index contributed by atoms with van der Waals surface area (Å²) in [7, 11) is 0. The van der Waals surface area contributed by atoms with Crippen LogP contribution in [0.25, 0.3) is 0 Å². The average molecular weight is 222 g/mol. The van der Waals surface area contributed by atoms with Crippen LogP contribution in [0.4, 0.5) is 0 Å². The van der Waals surface area contributed by atoms with Gasteiger partial charge in [0.05, 0.1) is 0 Å². The van der Waals surface area contributed by atoms with Crippen LogP contribution in [-0.2, 0) is 0 Å². The van der Waals surface area contributed by atoms with Crippen molar-refractivity contribution in [2.24, 2.45) is 0 Å². The van der Waals surface area contributed by atoms with Crippen LogP contribution in [0.15, 0.2) is 0 Å². The summed E-state index contributed by atoms with van der Waals surface area (Å²) in [5.74, 6) is 0. The minimum Gasteiger partial charge on any atom is -0.114 e. The third-order valence-electron chi connectivity index (χ3n) is 1.94. The monoisotopic (exact) mass is 221 g/mol. The molecule has 0 rings (SSSR count). The maximum absolute atomic E-state index is 2.38. The summed E-state index contributed by atoms with van der Waals surface area (Å²) in [5, 5.41) is 0. The molecule has 0 aliphatic rings. The molecule has 0 aliphatic carbocycles. The van der Waals surface area contributed by atoms with Gasteiger partial charge in [-0.1, -0.05) is 50.1 Å². The highest BCUT2D eigenvalue weighted by Crippen LogP contribution is 2.16. The van der Waals surface area contributed by atoms with Crippen LogP contribution in [0, 0.1) is 0 Å². The first-order valence-electron chi connectivity index (χ1n) is 4.05. The van der Waals surface area contributed by atoms with Crippen molar-refractivity contribution >= 4 is 32.2 Å². The fraction of sp³-hybridized carbons (Fsp3) is 1.00. The highest BCUT2D eigenvalue weighted by atomic mass is 79.9. The van der Waals surface area contributed by atoms with Gasteiger partial charge in [-0.05, 0) is 0 Å². The third kappa shape index (κ3) is 7.12. The molecule has 0 heterocycles. The highest BCUT2D eigenvalue weighted by Gasteiger charge is 2.06. The number of halogens is 1. The molecule has 0 saturated carbocycles. The Morgan fingerprint density at radius 1 is 1.00 bits per heavy atom. The molecule has 0 aliphatic heterocycles. The zero-order valence-electron chi connectivity index (χ0n) is 7.55. The van der Waals surface area contributed by atoms with Gasteiger partial charge < -0.3 is 0 Å². The van der Waals surface area contributed by atoms with Crippen LogP contribution in [0.5, 0.6) is 0 Å². The lowest BCUT2D eigenvalue weighted by molar-refractivity contribution is 0.803. The van der Waals surface area contributed by atoms with Gasteiger partial charge >= 0.3 is 0 Å². The predicted octanol–water partition coefficient (Wildman–Crippen LogP) is 3.71. The zero-order valence-corrected chi connectivity index (χ0v) is 10.4. The molecule has 0 saturated heterocycles. The van der Waals surface area contributed by atoms with Crippen LogP contribution in [0.1, 0.15) is 40.5 Å². The van der Waals surface area contributed by atoms with E-state index in [2.05, 4.69) is 27.7 Å². The molecule has 0 amide bonds. The van der Waals surface area contributed by atoms with Crippen molar-refractivity contribution < 1.29 is 0 Å². The molecule has 2 heteroatoms. The summed E-state index contributed by atoms with van der Waals surface area (Å²) in [6.45, 7) is 9.34. The van der Waals surface area contributed by atoms with E-state index in [0.29, 0.717) is 0 Å². The fourth-order valence-electron chi connectivity index (χ4n) is 0.833. The van der Waals surface area contributed by atoms with Gasteiger partial charge in [-0.3, -0.25) is 0 Å². The molecule has 1 radical (unpaired) electrons. The van der Waals surface area contributed by atoms with Crippen molar-refractivity contribution in [3.05, 3.63) is 0 Å². The van der Waals surface area contributed by atoms with Crippen molar-refractivity contribution in [1.82, 2.24) is 0 Å². The molecule has 2 unspecified atom stereocenters. The molecule has 61 valence electrons. The normalized spacial score (nSPS) is 15.2. The van der Waals surface area contributed by atoms with Gasteiger partial charge in [0.25, 0.3) is 0 Å². The summed E-state index contributed by atoms with van der Waals surface area (Å²) >= 11 is 0.720. The van der Waals surface area contributed by atoms with Crippen LogP contribution in [0.2, 0.25) is 9.56 Å². The van der Waals surface area contributed by atoms with Gasteiger partial charge in [0.15, 0.2) is 0 Å². The maximum Gasteiger partial charge on any atom is 0.209 e. The van der Waals surface area contributed by atoms with Crippen molar-refractivity contribution in [3.8, 4) is 0 Å². The third-order valence-corrected chi connectivity index (χ3v) is 4.20. The molecule has 0 aromatic rings. The van der Waals surface area contributed by atoms with Crippen LogP contribution >= 0.6 is 17.0 Å². The summed E-state index contributed by atoms with van der Waals surface area (Å²) < 4.78 is 2.03. The van der Waals surface area contributed by atoms with Crippen molar-refractivity contribution in [2.75, 3.05) is 0 Å². The van der Waals surface area contributed by atoms with E-state index < -0.39 is 0 Å². The Kier molecular flexibility index (Phi) is 11.0. The Morgan fingerprint density at radius 2 is 1.30 bits per heavy atom. The first kappa shape index (κ1) is 13.6. The van der Waals surface area contributed by atoms with Crippen LogP contribution < -0.4 is 0 Å². The zero-order chi connectivity index (χ0) is 7.28. The smallest absolute Gasteiger partial charge is 0.114 e. The number of rotatable bonds is 4. The molecule has 0 bridgehead atoms. The van der Waals surface area contributed by atoms with Gasteiger partial charge in [0, 0.05) is 0 Å². The molecular formula is C8H19AlBr. The number of hydrogen-bond acceptors (Lipinski definition) is 0. The Bertz CT molecular complexity index is 58.3. The van der Waals surface area contributed by atoms with Gasteiger partial charge in [0.2, 0.25) is 15.2 Å². The minimum atomic E-state index is 0. The summed E-state index contributed by atoms with van der Waals surface area (Å²) in [6.07, 6.45) is 2.75. The standard InChI is InChI=1S/2C4H9.Al.BrH/c2*1-3-4-2;;/h2*3H,4H2,1-2H3;;1H. The van der Waals surface area contributed by atoms with E-state index in [1.54, 1.807) is 0 Å². The van der Waals surface area contributed by atoms with Gasteiger partial charge in [-0.15, -0.1) is 17.0 Å². The average Bonchev–Trinajstić information content (AvgIpc) is 1.87. The molecule has 0 aromatic carbocycles. The molecule has 0 N–H and O–H groups in total. The summed E-state index contributed by atoms with van der Waals surface area (Å²) in [5.41, 5.74) is 0. The maximum atomic E-state index is 2.38. The van der Waals surface area contributed by atoms with E-state index in [9.17, 15) is 0 Å². The quantitative estimate of drug-likeness (QED) is 0.636. The second-order valence-corrected chi connectivity index (χ2v) is 5.62. The Balaban J connectivity index is 0. The Hall–Kier alpha value is 1.01. The van der Waals surface area contributed by atoms with Gasteiger partial charge in [-0.2, -0.15) is 0 Å². The predicted molar refractivity (Wildman–Crippen MR) is 55.5 cm³/mol. The molecule has 0 spiro atoms. The lowest BCUT2D eigenvalue weighted by Crippen LogP contribution is -2.03. The second kappa shape index (κ2) is 8.11. The number of hydrogen-bond donors (Lipinski definition) is 0. The fourth-order valence-corrected chi connectivity index (χ4v) is 2.50. The lowest BCUT2D eigenvalue weighted by Gasteiger charge is -2.10. The largest absolute Gasteiger partial charge is 0.209 e. The van der Waals surface area contributed by atoms with Crippen molar-refractivity contribution in [1.29, 1.82) is 0 Å². The van der Waals surface area contributed by atoms with Gasteiger partial charge in [0.1, 0.15) is 0 Å². The summed E-state index contributed by atoms with van der Waals surface area (Å²) in [6, 6.07) is 0. The first-order valence-corrected chi connectivity index (χ1v) is 5.39. The lowest BCUT2D eigenvalue weighted by atomic mass is 10.3.